The fourth-order valence-electron chi connectivity index (χ4n) is 1.77. The van der Waals surface area contributed by atoms with Gasteiger partial charge in [-0.3, -0.25) is 9.48 Å². The van der Waals surface area contributed by atoms with E-state index >= 15 is 0 Å². The van der Waals surface area contributed by atoms with Crippen LogP contribution >= 0.6 is 11.8 Å². The van der Waals surface area contributed by atoms with Gasteiger partial charge in [0.15, 0.2) is 0 Å². The highest BCUT2D eigenvalue weighted by Crippen LogP contribution is 2.12. The monoisotopic (exact) mass is 285 g/mol. The summed E-state index contributed by atoms with van der Waals surface area (Å²) in [5.41, 5.74) is 1.55. The van der Waals surface area contributed by atoms with E-state index in [9.17, 15) is 4.79 Å². The summed E-state index contributed by atoms with van der Waals surface area (Å²) in [7, 11) is 0. The molecular weight excluding hydrogens is 262 g/mol. The molecule has 0 saturated carbocycles. The number of aliphatic hydroxyl groups is 1. The minimum Gasteiger partial charge on any atom is -0.396 e. The van der Waals surface area contributed by atoms with Crippen molar-refractivity contribution in [3.05, 3.63) is 17.5 Å². The number of rotatable bonds is 8. The van der Waals surface area contributed by atoms with Crippen LogP contribution in [0.2, 0.25) is 0 Å². The molecule has 108 valence electrons. The largest absolute Gasteiger partial charge is 0.396 e. The topological polar surface area (TPSA) is 67.2 Å². The van der Waals surface area contributed by atoms with Crippen molar-refractivity contribution in [3.8, 4) is 0 Å². The van der Waals surface area contributed by atoms with Crippen LogP contribution < -0.4 is 5.32 Å². The SMILES string of the molecule is Cc1c(C(=O)NCCSCCCO)cnn1C(C)C. The molecule has 0 aromatic carbocycles. The Morgan fingerprint density at radius 2 is 2.26 bits per heavy atom. The Morgan fingerprint density at radius 1 is 1.53 bits per heavy atom. The smallest absolute Gasteiger partial charge is 0.254 e. The van der Waals surface area contributed by atoms with Crippen LogP contribution in [0.25, 0.3) is 0 Å². The predicted molar refractivity (Wildman–Crippen MR) is 78.7 cm³/mol. The fourth-order valence-corrected chi connectivity index (χ4v) is 2.55. The lowest BCUT2D eigenvalue weighted by molar-refractivity contribution is 0.0955. The molecule has 1 aromatic heterocycles. The molecule has 0 bridgehead atoms. The van der Waals surface area contributed by atoms with Gasteiger partial charge in [-0.05, 0) is 32.9 Å². The molecule has 1 rings (SSSR count). The van der Waals surface area contributed by atoms with Gasteiger partial charge in [-0.1, -0.05) is 0 Å². The number of amides is 1. The van der Waals surface area contributed by atoms with Gasteiger partial charge >= 0.3 is 0 Å². The van der Waals surface area contributed by atoms with E-state index in [2.05, 4.69) is 10.4 Å². The third-order valence-electron chi connectivity index (χ3n) is 2.76. The molecule has 0 saturated heterocycles. The first-order chi connectivity index (χ1) is 9.07. The van der Waals surface area contributed by atoms with Gasteiger partial charge in [-0.15, -0.1) is 0 Å². The normalized spacial score (nSPS) is 11.0. The van der Waals surface area contributed by atoms with Crippen molar-refractivity contribution in [3.63, 3.8) is 0 Å². The number of aliphatic hydroxyl groups excluding tert-OH is 1. The van der Waals surface area contributed by atoms with E-state index in [1.165, 1.54) is 0 Å². The molecule has 0 spiro atoms. The lowest BCUT2D eigenvalue weighted by Crippen LogP contribution is -2.26. The number of aromatic nitrogens is 2. The van der Waals surface area contributed by atoms with Crippen molar-refractivity contribution in [1.29, 1.82) is 0 Å². The average Bonchev–Trinajstić information content (AvgIpc) is 2.75. The molecule has 0 unspecified atom stereocenters. The second-order valence-electron chi connectivity index (χ2n) is 4.63. The van der Waals surface area contributed by atoms with E-state index in [1.54, 1.807) is 18.0 Å². The maximum absolute atomic E-state index is 12.0. The van der Waals surface area contributed by atoms with Gasteiger partial charge < -0.3 is 10.4 Å². The highest BCUT2D eigenvalue weighted by molar-refractivity contribution is 7.99. The highest BCUT2D eigenvalue weighted by atomic mass is 32.2. The summed E-state index contributed by atoms with van der Waals surface area (Å²) in [4.78, 5) is 12.0. The second-order valence-corrected chi connectivity index (χ2v) is 5.85. The van der Waals surface area contributed by atoms with Crippen molar-refractivity contribution in [2.24, 2.45) is 0 Å². The number of nitrogens with one attached hydrogen (secondary N) is 1. The molecular formula is C13H23N3O2S. The number of nitrogens with zero attached hydrogens (tertiary/aromatic N) is 2. The van der Waals surface area contributed by atoms with E-state index in [4.69, 9.17) is 5.11 Å². The van der Waals surface area contributed by atoms with Gasteiger partial charge in [0.05, 0.1) is 11.8 Å². The second kappa shape index (κ2) is 8.22. The molecule has 0 aliphatic heterocycles. The first-order valence-corrected chi connectivity index (χ1v) is 7.74. The van der Waals surface area contributed by atoms with E-state index in [-0.39, 0.29) is 18.6 Å². The highest BCUT2D eigenvalue weighted by Gasteiger charge is 2.14. The van der Waals surface area contributed by atoms with E-state index in [0.717, 1.165) is 23.6 Å². The van der Waals surface area contributed by atoms with Crippen LogP contribution in [0.15, 0.2) is 6.20 Å². The Morgan fingerprint density at radius 3 is 2.84 bits per heavy atom. The number of hydrogen-bond acceptors (Lipinski definition) is 4. The molecule has 2 N–H and O–H groups in total. The third-order valence-corrected chi connectivity index (χ3v) is 3.83. The van der Waals surface area contributed by atoms with Crippen LogP contribution in [-0.4, -0.2) is 45.5 Å². The third kappa shape index (κ3) is 4.87. The van der Waals surface area contributed by atoms with Crippen molar-refractivity contribution >= 4 is 17.7 Å². The molecule has 19 heavy (non-hydrogen) atoms. The first kappa shape index (κ1) is 16.0. The zero-order chi connectivity index (χ0) is 14.3. The molecule has 1 aromatic rings. The summed E-state index contributed by atoms with van der Waals surface area (Å²) >= 11 is 1.73. The first-order valence-electron chi connectivity index (χ1n) is 6.58. The maximum Gasteiger partial charge on any atom is 0.254 e. The molecule has 1 amide bonds. The van der Waals surface area contributed by atoms with Crippen LogP contribution in [0.1, 0.15) is 42.4 Å². The van der Waals surface area contributed by atoms with Crippen molar-refractivity contribution in [1.82, 2.24) is 15.1 Å². The summed E-state index contributed by atoms with van der Waals surface area (Å²) in [5.74, 6) is 1.73. The molecule has 1 heterocycles. The zero-order valence-electron chi connectivity index (χ0n) is 11.8. The van der Waals surface area contributed by atoms with Gasteiger partial charge in [0, 0.05) is 30.6 Å². The van der Waals surface area contributed by atoms with Crippen LogP contribution in [0.3, 0.4) is 0 Å². The summed E-state index contributed by atoms with van der Waals surface area (Å²) in [6.07, 6.45) is 2.43. The number of thioether (sulfide) groups is 1. The van der Waals surface area contributed by atoms with Crippen LogP contribution in [-0.2, 0) is 0 Å². The maximum atomic E-state index is 12.0. The number of hydrogen-bond donors (Lipinski definition) is 2. The van der Waals surface area contributed by atoms with Gasteiger partial charge in [-0.25, -0.2) is 0 Å². The lowest BCUT2D eigenvalue weighted by atomic mass is 10.2. The minimum absolute atomic E-state index is 0.0628. The Kier molecular flexibility index (Phi) is 6.94. The summed E-state index contributed by atoms with van der Waals surface area (Å²) in [6, 6.07) is 0.260. The average molecular weight is 285 g/mol. The van der Waals surface area contributed by atoms with Crippen molar-refractivity contribution in [2.75, 3.05) is 24.7 Å². The Balaban J connectivity index is 2.37. The van der Waals surface area contributed by atoms with E-state index in [1.807, 2.05) is 25.5 Å². The van der Waals surface area contributed by atoms with Gasteiger partial charge in [0.1, 0.15) is 0 Å². The van der Waals surface area contributed by atoms with E-state index < -0.39 is 0 Å². The summed E-state index contributed by atoms with van der Waals surface area (Å²) in [6.45, 7) is 6.87. The molecule has 0 fully saturated rings. The van der Waals surface area contributed by atoms with E-state index in [0.29, 0.717) is 12.1 Å². The van der Waals surface area contributed by atoms with Gasteiger partial charge in [0.2, 0.25) is 0 Å². The minimum atomic E-state index is -0.0628. The Labute approximate surface area is 118 Å². The van der Waals surface area contributed by atoms with Crippen LogP contribution in [0, 0.1) is 6.92 Å². The van der Waals surface area contributed by atoms with Crippen molar-refractivity contribution < 1.29 is 9.90 Å². The standard InChI is InChI=1S/C13H23N3O2S/c1-10(2)16-11(3)12(9-15-16)13(18)14-5-8-19-7-4-6-17/h9-10,17H,4-8H2,1-3H3,(H,14,18). The van der Waals surface area contributed by atoms with Crippen LogP contribution in [0.5, 0.6) is 0 Å². The molecule has 0 aliphatic rings. The lowest BCUT2D eigenvalue weighted by Gasteiger charge is -2.09. The fraction of sp³-hybridized carbons (Fsp3) is 0.692. The molecule has 6 heteroatoms. The Hall–Kier alpha value is -1.01. The molecule has 0 atom stereocenters. The number of carbonyl (C=O) groups excluding carboxylic acids is 1. The van der Waals surface area contributed by atoms with Crippen molar-refractivity contribution in [2.45, 2.75) is 33.2 Å². The molecule has 0 aliphatic carbocycles. The van der Waals surface area contributed by atoms with Gasteiger partial charge in [0.25, 0.3) is 5.91 Å². The summed E-state index contributed by atoms with van der Waals surface area (Å²) < 4.78 is 1.85. The quantitative estimate of drug-likeness (QED) is 0.712. The summed E-state index contributed by atoms with van der Waals surface area (Å²) in [5, 5.41) is 15.8. The molecule has 0 radical (unpaired) electrons. The molecule has 5 nitrogen and oxygen atoms in total. The number of carbonyl (C=O) groups is 1. The zero-order valence-corrected chi connectivity index (χ0v) is 12.7. The predicted octanol–water partition coefficient (Wildman–Crippen LogP) is 1.62. The van der Waals surface area contributed by atoms with Gasteiger partial charge in [-0.2, -0.15) is 16.9 Å². The Bertz CT molecular complexity index is 405. The van der Waals surface area contributed by atoms with Crippen LogP contribution in [0.4, 0.5) is 0 Å².